The molecular weight excluding hydrogens is 248 g/mol. The van der Waals surface area contributed by atoms with Crippen LogP contribution in [0.1, 0.15) is 6.92 Å². The van der Waals surface area contributed by atoms with E-state index in [0.29, 0.717) is 11.4 Å². The van der Waals surface area contributed by atoms with Gasteiger partial charge in [0.05, 0.1) is 12.1 Å². The van der Waals surface area contributed by atoms with Gasteiger partial charge in [-0.3, -0.25) is 5.10 Å². The van der Waals surface area contributed by atoms with Gasteiger partial charge in [-0.2, -0.15) is 10.1 Å². The predicted octanol–water partition coefficient (Wildman–Crippen LogP) is 2.58. The summed E-state index contributed by atoms with van der Waals surface area (Å²) in [5, 5.41) is 8.00. The second kappa shape index (κ2) is 4.06. The predicted molar refractivity (Wildman–Crippen MR) is 72.4 cm³/mol. The lowest BCUT2D eigenvalue weighted by Gasteiger charge is -2.02. The van der Waals surface area contributed by atoms with Gasteiger partial charge in [0.15, 0.2) is 5.65 Å². The Balaban J connectivity index is 2.41. The largest absolute Gasteiger partial charge is 0.494 e. The second-order valence-electron chi connectivity index (χ2n) is 3.98. The number of H-pyrrole nitrogens is 1. The van der Waals surface area contributed by atoms with Crippen molar-refractivity contribution >= 4 is 34.3 Å². The number of nitrogens with zero attached hydrogens (tertiary/aromatic N) is 3. The van der Waals surface area contributed by atoms with Crippen molar-refractivity contribution in [2.75, 3.05) is 6.61 Å². The summed E-state index contributed by atoms with van der Waals surface area (Å²) in [5.74, 6) is 0.835. The summed E-state index contributed by atoms with van der Waals surface area (Å²) in [6, 6.07) is 5.93. The van der Waals surface area contributed by atoms with Crippen LogP contribution in [-0.4, -0.2) is 26.4 Å². The fourth-order valence-corrected chi connectivity index (χ4v) is 2.24. The molecule has 0 aliphatic rings. The van der Waals surface area contributed by atoms with Gasteiger partial charge in [-0.25, -0.2) is 0 Å². The van der Waals surface area contributed by atoms with E-state index in [1.54, 1.807) is 0 Å². The molecule has 0 atom stereocenters. The minimum absolute atomic E-state index is 0.387. The minimum atomic E-state index is 0.387. The van der Waals surface area contributed by atoms with Crippen LogP contribution in [0.3, 0.4) is 0 Å². The number of aromatic nitrogens is 4. The minimum Gasteiger partial charge on any atom is -0.494 e. The first-order chi connectivity index (χ1) is 8.70. The van der Waals surface area contributed by atoms with E-state index in [1.807, 2.05) is 36.7 Å². The summed E-state index contributed by atoms with van der Waals surface area (Å²) in [6.07, 6.45) is 0. The highest BCUT2D eigenvalue weighted by molar-refractivity contribution is 7.71. The third-order valence-electron chi connectivity index (χ3n) is 2.90. The Bertz CT molecular complexity index is 790. The van der Waals surface area contributed by atoms with Gasteiger partial charge in [-0.15, -0.1) is 0 Å². The molecule has 0 aliphatic carbocycles. The van der Waals surface area contributed by atoms with Crippen LogP contribution in [0.4, 0.5) is 0 Å². The first-order valence-electron chi connectivity index (χ1n) is 5.68. The van der Waals surface area contributed by atoms with E-state index in [9.17, 15) is 0 Å². The molecule has 0 unspecified atom stereocenters. The van der Waals surface area contributed by atoms with Crippen molar-refractivity contribution in [1.82, 2.24) is 19.7 Å². The van der Waals surface area contributed by atoms with Crippen molar-refractivity contribution in [3.63, 3.8) is 0 Å². The molecule has 0 saturated heterocycles. The summed E-state index contributed by atoms with van der Waals surface area (Å²) < 4.78 is 7.88. The van der Waals surface area contributed by atoms with Gasteiger partial charge >= 0.3 is 0 Å². The van der Waals surface area contributed by atoms with E-state index in [-0.39, 0.29) is 0 Å². The lowest BCUT2D eigenvalue weighted by atomic mass is 10.2. The smallest absolute Gasteiger partial charge is 0.215 e. The molecule has 0 saturated carbocycles. The number of ether oxygens (including phenoxy) is 1. The zero-order chi connectivity index (χ0) is 12.7. The van der Waals surface area contributed by atoms with Crippen LogP contribution in [0.2, 0.25) is 0 Å². The summed E-state index contributed by atoms with van der Waals surface area (Å²) in [4.78, 5) is 4.31. The summed E-state index contributed by atoms with van der Waals surface area (Å²) in [5.41, 5.74) is 2.65. The maximum atomic E-state index is 5.51. The van der Waals surface area contributed by atoms with E-state index >= 15 is 0 Å². The fraction of sp³-hybridized carbons (Fsp3) is 0.250. The molecule has 0 amide bonds. The number of aryl methyl sites for hydroxylation is 1. The monoisotopic (exact) mass is 260 g/mol. The van der Waals surface area contributed by atoms with Gasteiger partial charge in [0, 0.05) is 12.4 Å². The van der Waals surface area contributed by atoms with Crippen molar-refractivity contribution in [1.29, 1.82) is 0 Å². The molecule has 1 N–H and O–H groups in total. The Labute approximate surface area is 108 Å². The first kappa shape index (κ1) is 11.2. The van der Waals surface area contributed by atoms with Crippen LogP contribution in [0.15, 0.2) is 18.2 Å². The summed E-state index contributed by atoms with van der Waals surface area (Å²) in [6.45, 7) is 2.61. The standard InChI is InChI=1S/C12H12N4OS/c1-3-17-7-4-5-9-8(6-7)10-11(16(9)2)13-12(18)15-14-10/h4-6H,3H2,1-2H3,(H,13,15,18). The molecule has 2 aromatic heterocycles. The normalized spacial score (nSPS) is 11.2. The average Bonchev–Trinajstić information content (AvgIpc) is 2.63. The molecular formula is C12H12N4OS. The van der Waals surface area contributed by atoms with E-state index in [1.165, 1.54) is 0 Å². The van der Waals surface area contributed by atoms with E-state index < -0.39 is 0 Å². The fourth-order valence-electron chi connectivity index (χ4n) is 2.11. The molecule has 18 heavy (non-hydrogen) atoms. The second-order valence-corrected chi connectivity index (χ2v) is 4.37. The van der Waals surface area contributed by atoms with Crippen molar-refractivity contribution in [3.8, 4) is 5.75 Å². The van der Waals surface area contributed by atoms with Crippen LogP contribution in [0.5, 0.6) is 5.75 Å². The molecule has 0 bridgehead atoms. The SMILES string of the molecule is CCOc1ccc2c(c1)c1n[nH]c(=S)nc1n2C. The number of rotatable bonds is 2. The topological polar surface area (TPSA) is 55.7 Å². The van der Waals surface area contributed by atoms with Gasteiger partial charge < -0.3 is 9.30 Å². The average molecular weight is 260 g/mol. The summed E-state index contributed by atoms with van der Waals surface area (Å²) >= 11 is 5.00. The molecule has 3 rings (SSSR count). The Morgan fingerprint density at radius 2 is 2.28 bits per heavy atom. The third kappa shape index (κ3) is 1.57. The molecule has 5 nitrogen and oxygen atoms in total. The Morgan fingerprint density at radius 1 is 1.44 bits per heavy atom. The molecule has 0 radical (unpaired) electrons. The van der Waals surface area contributed by atoms with Crippen LogP contribution < -0.4 is 4.74 Å². The van der Waals surface area contributed by atoms with Crippen LogP contribution in [-0.2, 0) is 7.05 Å². The Morgan fingerprint density at radius 3 is 3.06 bits per heavy atom. The Kier molecular flexibility index (Phi) is 2.52. The molecule has 6 heteroatoms. The van der Waals surface area contributed by atoms with Crippen LogP contribution in [0.25, 0.3) is 22.1 Å². The van der Waals surface area contributed by atoms with E-state index in [4.69, 9.17) is 17.0 Å². The van der Waals surface area contributed by atoms with Gasteiger partial charge in [-0.05, 0) is 37.3 Å². The molecule has 0 spiro atoms. The number of fused-ring (bicyclic) bond motifs is 3. The van der Waals surface area contributed by atoms with Crippen molar-refractivity contribution in [2.24, 2.45) is 7.05 Å². The number of hydrogen-bond acceptors (Lipinski definition) is 4. The Hall–Kier alpha value is -1.95. The van der Waals surface area contributed by atoms with Gasteiger partial charge in [0.25, 0.3) is 0 Å². The molecule has 0 fully saturated rings. The number of hydrogen-bond donors (Lipinski definition) is 1. The highest BCUT2D eigenvalue weighted by Crippen LogP contribution is 2.28. The molecule has 2 heterocycles. The first-order valence-corrected chi connectivity index (χ1v) is 6.09. The quantitative estimate of drug-likeness (QED) is 0.719. The van der Waals surface area contributed by atoms with Crippen molar-refractivity contribution in [3.05, 3.63) is 23.0 Å². The third-order valence-corrected chi connectivity index (χ3v) is 3.08. The molecule has 92 valence electrons. The lowest BCUT2D eigenvalue weighted by Crippen LogP contribution is -1.92. The molecule has 1 aromatic carbocycles. The lowest BCUT2D eigenvalue weighted by molar-refractivity contribution is 0.341. The highest BCUT2D eigenvalue weighted by atomic mass is 32.1. The van der Waals surface area contributed by atoms with Gasteiger partial charge in [0.1, 0.15) is 11.3 Å². The van der Waals surface area contributed by atoms with Crippen LogP contribution >= 0.6 is 12.2 Å². The zero-order valence-electron chi connectivity index (χ0n) is 10.1. The van der Waals surface area contributed by atoms with Crippen molar-refractivity contribution < 1.29 is 4.74 Å². The highest BCUT2D eigenvalue weighted by Gasteiger charge is 2.11. The maximum absolute atomic E-state index is 5.51. The number of aromatic amines is 1. The van der Waals surface area contributed by atoms with Crippen LogP contribution in [0, 0.1) is 4.77 Å². The maximum Gasteiger partial charge on any atom is 0.215 e. The van der Waals surface area contributed by atoms with E-state index in [2.05, 4.69) is 15.2 Å². The number of nitrogens with one attached hydrogen (secondary N) is 1. The van der Waals surface area contributed by atoms with Gasteiger partial charge in [-0.1, -0.05) is 0 Å². The number of benzene rings is 1. The zero-order valence-corrected chi connectivity index (χ0v) is 10.9. The van der Waals surface area contributed by atoms with E-state index in [0.717, 1.165) is 27.8 Å². The van der Waals surface area contributed by atoms with Crippen molar-refractivity contribution in [2.45, 2.75) is 6.92 Å². The summed E-state index contributed by atoms with van der Waals surface area (Å²) in [7, 11) is 1.95. The molecule has 3 aromatic rings. The molecule has 0 aliphatic heterocycles. The van der Waals surface area contributed by atoms with Gasteiger partial charge in [0.2, 0.25) is 4.77 Å².